The summed E-state index contributed by atoms with van der Waals surface area (Å²) in [4.78, 5) is 0. The van der Waals surface area contributed by atoms with E-state index in [1.54, 1.807) is 6.20 Å². The molecule has 1 heterocycles. The molecule has 1 atom stereocenters. The molecule has 1 aliphatic rings. The van der Waals surface area contributed by atoms with Gasteiger partial charge in [-0.2, -0.15) is 5.10 Å². The van der Waals surface area contributed by atoms with Crippen molar-refractivity contribution in [2.45, 2.75) is 45.8 Å². The summed E-state index contributed by atoms with van der Waals surface area (Å²) in [6.07, 6.45) is 3.93. The summed E-state index contributed by atoms with van der Waals surface area (Å²) in [6, 6.07) is 0. The molecule has 0 radical (unpaired) electrons. The fraction of sp³-hybridized carbons (Fsp3) is 0.727. The molecule has 3 nitrogen and oxygen atoms in total. The average molecular weight is 273 g/mol. The third kappa shape index (κ3) is 1.54. The Kier molecular flexibility index (Phi) is 2.47. The molecule has 0 saturated heterocycles. The van der Waals surface area contributed by atoms with Crippen LogP contribution in [0.25, 0.3) is 0 Å². The van der Waals surface area contributed by atoms with Crippen molar-refractivity contribution < 1.29 is 5.11 Å². The van der Waals surface area contributed by atoms with Gasteiger partial charge in [-0.25, -0.2) is 0 Å². The van der Waals surface area contributed by atoms with E-state index in [0.29, 0.717) is 0 Å². The number of aromatic nitrogens is 2. The lowest BCUT2D eigenvalue weighted by atomic mass is 9.84. The number of hydrogen-bond acceptors (Lipinski definition) is 2. The normalized spacial score (nSPS) is 22.5. The highest BCUT2D eigenvalue weighted by atomic mass is 79.9. The van der Waals surface area contributed by atoms with Gasteiger partial charge in [-0.3, -0.25) is 4.68 Å². The van der Waals surface area contributed by atoms with Crippen molar-refractivity contribution in [3.05, 3.63) is 16.4 Å². The van der Waals surface area contributed by atoms with Gasteiger partial charge in [0.15, 0.2) is 0 Å². The first-order chi connectivity index (χ1) is 6.92. The van der Waals surface area contributed by atoms with E-state index in [4.69, 9.17) is 0 Å². The van der Waals surface area contributed by atoms with Gasteiger partial charge < -0.3 is 5.11 Å². The lowest BCUT2D eigenvalue weighted by molar-refractivity contribution is -0.0212. The molecule has 1 saturated carbocycles. The zero-order valence-electron chi connectivity index (χ0n) is 9.42. The van der Waals surface area contributed by atoms with Crippen LogP contribution in [0.15, 0.2) is 10.7 Å². The molecule has 1 aromatic rings. The molecule has 0 aliphatic heterocycles. The van der Waals surface area contributed by atoms with E-state index in [9.17, 15) is 5.11 Å². The Morgan fingerprint density at radius 2 is 2.27 bits per heavy atom. The predicted molar refractivity (Wildman–Crippen MR) is 62.5 cm³/mol. The first kappa shape index (κ1) is 11.1. The van der Waals surface area contributed by atoms with Crippen LogP contribution in [0.4, 0.5) is 0 Å². The number of aryl methyl sites for hydroxylation is 1. The van der Waals surface area contributed by atoms with Gasteiger partial charge in [-0.05, 0) is 42.6 Å². The number of aliphatic hydroxyl groups is 1. The monoisotopic (exact) mass is 272 g/mol. The van der Waals surface area contributed by atoms with Gasteiger partial charge in [-0.15, -0.1) is 0 Å². The Labute approximate surface area is 98.6 Å². The number of hydrogen-bond donors (Lipinski definition) is 1. The summed E-state index contributed by atoms with van der Waals surface area (Å²) in [5, 5.41) is 14.9. The van der Waals surface area contributed by atoms with Crippen LogP contribution in [0.1, 0.15) is 39.3 Å². The summed E-state index contributed by atoms with van der Waals surface area (Å²) >= 11 is 3.47. The van der Waals surface area contributed by atoms with Crippen LogP contribution in [0.2, 0.25) is 0 Å². The maximum absolute atomic E-state index is 10.7. The maximum Gasteiger partial charge on any atom is 0.110 e. The van der Waals surface area contributed by atoms with E-state index in [0.717, 1.165) is 29.6 Å². The third-order valence-corrected chi connectivity index (χ3v) is 4.31. The van der Waals surface area contributed by atoms with Gasteiger partial charge in [-0.1, -0.05) is 6.92 Å². The van der Waals surface area contributed by atoms with E-state index in [1.165, 1.54) is 0 Å². The first-order valence-electron chi connectivity index (χ1n) is 5.36. The van der Waals surface area contributed by atoms with Crippen LogP contribution in [0.5, 0.6) is 0 Å². The summed E-state index contributed by atoms with van der Waals surface area (Å²) < 4.78 is 2.77. The topological polar surface area (TPSA) is 38.0 Å². The van der Waals surface area contributed by atoms with Crippen molar-refractivity contribution in [1.82, 2.24) is 9.78 Å². The zero-order chi connectivity index (χ0) is 11.3. The lowest BCUT2D eigenvalue weighted by Crippen LogP contribution is -2.34. The fourth-order valence-electron chi connectivity index (χ4n) is 2.05. The second-order valence-corrected chi connectivity index (χ2v) is 5.64. The summed E-state index contributed by atoms with van der Waals surface area (Å²) in [5.74, 6) is 0. The molecular weight excluding hydrogens is 256 g/mol. The maximum atomic E-state index is 10.7. The molecule has 0 amide bonds. The Hall–Kier alpha value is -0.350. The third-order valence-electron chi connectivity index (χ3n) is 3.73. The molecule has 4 heteroatoms. The minimum atomic E-state index is -0.793. The Balaban J connectivity index is 2.47. The van der Waals surface area contributed by atoms with Gasteiger partial charge in [0.05, 0.1) is 16.4 Å². The Morgan fingerprint density at radius 3 is 2.73 bits per heavy atom. The predicted octanol–water partition coefficient (Wildman–Crippen LogP) is 2.67. The van der Waals surface area contributed by atoms with Crippen molar-refractivity contribution in [2.75, 3.05) is 0 Å². The largest absolute Gasteiger partial charge is 0.383 e. The molecule has 2 rings (SSSR count). The van der Waals surface area contributed by atoms with Crippen molar-refractivity contribution in [3.8, 4) is 0 Å². The number of rotatable bonds is 3. The molecule has 1 aliphatic carbocycles. The molecule has 1 fully saturated rings. The van der Waals surface area contributed by atoms with Crippen LogP contribution in [-0.4, -0.2) is 14.9 Å². The van der Waals surface area contributed by atoms with Gasteiger partial charge in [0.25, 0.3) is 0 Å². The molecular formula is C11H17BrN2O. The molecule has 0 bridgehead atoms. The Bertz CT molecular complexity index is 380. The number of nitrogens with zero attached hydrogens (tertiary/aromatic N) is 2. The van der Waals surface area contributed by atoms with Crippen molar-refractivity contribution >= 4 is 15.9 Å². The molecule has 1 unspecified atom stereocenters. The second kappa shape index (κ2) is 3.32. The molecule has 0 spiro atoms. The molecule has 84 valence electrons. The van der Waals surface area contributed by atoms with Crippen LogP contribution in [0, 0.1) is 5.41 Å². The SMILES string of the molecule is CCn1ncc(Br)c1C(C)(O)C1(C)CC1. The summed E-state index contributed by atoms with van der Waals surface area (Å²) in [5.41, 5.74) is 0.130. The van der Waals surface area contributed by atoms with E-state index in [-0.39, 0.29) is 5.41 Å². The van der Waals surface area contributed by atoms with Crippen LogP contribution in [-0.2, 0) is 12.1 Å². The lowest BCUT2D eigenvalue weighted by Gasteiger charge is -2.31. The van der Waals surface area contributed by atoms with Crippen LogP contribution >= 0.6 is 15.9 Å². The van der Waals surface area contributed by atoms with E-state index in [1.807, 2.05) is 18.5 Å². The van der Waals surface area contributed by atoms with Crippen molar-refractivity contribution in [1.29, 1.82) is 0 Å². The van der Waals surface area contributed by atoms with Crippen molar-refractivity contribution in [3.63, 3.8) is 0 Å². The highest BCUT2D eigenvalue weighted by Crippen LogP contribution is 2.58. The highest BCUT2D eigenvalue weighted by Gasteiger charge is 2.55. The van der Waals surface area contributed by atoms with Crippen molar-refractivity contribution in [2.24, 2.45) is 5.41 Å². The molecule has 15 heavy (non-hydrogen) atoms. The number of halogens is 1. The van der Waals surface area contributed by atoms with Gasteiger partial charge in [0.1, 0.15) is 5.60 Å². The fourth-order valence-corrected chi connectivity index (χ4v) is 2.73. The molecule has 0 aromatic carbocycles. The standard InChI is InChI=1S/C11H17BrN2O/c1-4-14-9(8(12)7-13-14)11(3,15)10(2)5-6-10/h7,15H,4-6H2,1-3H3. The second-order valence-electron chi connectivity index (χ2n) is 4.79. The van der Waals surface area contributed by atoms with Crippen LogP contribution < -0.4 is 0 Å². The summed E-state index contributed by atoms with van der Waals surface area (Å²) in [7, 11) is 0. The smallest absolute Gasteiger partial charge is 0.110 e. The van der Waals surface area contributed by atoms with E-state index in [2.05, 4.69) is 28.0 Å². The average Bonchev–Trinajstić information content (AvgIpc) is 2.80. The minimum absolute atomic E-state index is 0.0163. The zero-order valence-corrected chi connectivity index (χ0v) is 11.0. The first-order valence-corrected chi connectivity index (χ1v) is 6.16. The molecule has 1 N–H and O–H groups in total. The van der Waals surface area contributed by atoms with Gasteiger partial charge in [0.2, 0.25) is 0 Å². The van der Waals surface area contributed by atoms with E-state index >= 15 is 0 Å². The van der Waals surface area contributed by atoms with Gasteiger partial charge >= 0.3 is 0 Å². The summed E-state index contributed by atoms with van der Waals surface area (Å²) in [6.45, 7) is 6.85. The molecule has 1 aromatic heterocycles. The quantitative estimate of drug-likeness (QED) is 0.919. The van der Waals surface area contributed by atoms with E-state index < -0.39 is 5.60 Å². The van der Waals surface area contributed by atoms with Crippen LogP contribution in [0.3, 0.4) is 0 Å². The highest BCUT2D eigenvalue weighted by molar-refractivity contribution is 9.10. The Morgan fingerprint density at radius 1 is 1.67 bits per heavy atom. The van der Waals surface area contributed by atoms with Gasteiger partial charge in [0, 0.05) is 12.0 Å². The minimum Gasteiger partial charge on any atom is -0.383 e.